The van der Waals surface area contributed by atoms with Crippen molar-refractivity contribution in [1.82, 2.24) is 25.5 Å². The van der Waals surface area contributed by atoms with Gasteiger partial charge in [0.1, 0.15) is 0 Å². The van der Waals surface area contributed by atoms with Crippen LogP contribution in [0.1, 0.15) is 33.1 Å². The maximum Gasteiger partial charge on any atom is 0.230 e. The molecule has 1 aromatic carbocycles. The van der Waals surface area contributed by atoms with Crippen LogP contribution in [0, 0.1) is 11.8 Å². The number of nitrogens with one attached hydrogen (secondary N) is 1. The molecule has 25 heavy (non-hydrogen) atoms. The van der Waals surface area contributed by atoms with E-state index in [4.69, 9.17) is 11.6 Å². The Hall–Kier alpha value is -1.60. The van der Waals surface area contributed by atoms with E-state index in [1.165, 1.54) is 24.6 Å². The van der Waals surface area contributed by atoms with Crippen molar-refractivity contribution in [3.8, 4) is 5.69 Å². The predicted octanol–water partition coefficient (Wildman–Crippen LogP) is 3.35. The zero-order valence-electron chi connectivity index (χ0n) is 14.4. The number of hydrogen-bond acceptors (Lipinski definition) is 5. The molecule has 134 valence electrons. The summed E-state index contributed by atoms with van der Waals surface area (Å²) < 4.78 is 1.61. The molecule has 2 aromatic rings. The number of rotatable bonds is 5. The molecular weight excluding hydrogens is 358 g/mol. The van der Waals surface area contributed by atoms with Gasteiger partial charge in [-0.05, 0) is 52.9 Å². The van der Waals surface area contributed by atoms with Crippen molar-refractivity contribution < 1.29 is 4.79 Å². The van der Waals surface area contributed by atoms with Crippen molar-refractivity contribution >= 4 is 29.3 Å². The summed E-state index contributed by atoms with van der Waals surface area (Å²) in [5.41, 5.74) is 0.812. The largest absolute Gasteiger partial charge is 0.352 e. The SMILES string of the molecule is CC1CCCC(NC(=O)CSc2nnnn2-c2ccc(Cl)cc2)C1C. The first-order chi connectivity index (χ1) is 12.0. The van der Waals surface area contributed by atoms with E-state index in [0.717, 1.165) is 12.1 Å². The van der Waals surface area contributed by atoms with Gasteiger partial charge in [0.2, 0.25) is 11.1 Å². The highest BCUT2D eigenvalue weighted by Gasteiger charge is 2.28. The van der Waals surface area contributed by atoms with Gasteiger partial charge in [-0.3, -0.25) is 4.79 Å². The Bertz CT molecular complexity index is 720. The molecule has 6 nitrogen and oxygen atoms in total. The Morgan fingerprint density at radius 3 is 2.84 bits per heavy atom. The average molecular weight is 380 g/mol. The van der Waals surface area contributed by atoms with E-state index in [-0.39, 0.29) is 11.9 Å². The molecule has 0 spiro atoms. The van der Waals surface area contributed by atoms with Crippen molar-refractivity contribution in [2.24, 2.45) is 11.8 Å². The number of thioether (sulfide) groups is 1. The summed E-state index contributed by atoms with van der Waals surface area (Å²) in [5.74, 6) is 1.50. The van der Waals surface area contributed by atoms with Crippen LogP contribution in [0.2, 0.25) is 5.02 Å². The quantitative estimate of drug-likeness (QED) is 0.806. The fourth-order valence-corrected chi connectivity index (χ4v) is 4.01. The van der Waals surface area contributed by atoms with Crippen LogP contribution in [0.25, 0.3) is 5.69 Å². The Morgan fingerprint density at radius 1 is 1.32 bits per heavy atom. The molecule has 1 heterocycles. The summed E-state index contributed by atoms with van der Waals surface area (Å²) in [5, 5.41) is 16.1. The number of aromatic nitrogens is 4. The molecule has 3 rings (SSSR count). The molecule has 1 saturated carbocycles. The van der Waals surface area contributed by atoms with Gasteiger partial charge in [-0.2, -0.15) is 4.68 Å². The minimum atomic E-state index is 0.0293. The summed E-state index contributed by atoms with van der Waals surface area (Å²) in [6.07, 6.45) is 3.49. The van der Waals surface area contributed by atoms with Gasteiger partial charge in [0.25, 0.3) is 0 Å². The molecule has 1 amide bonds. The third kappa shape index (κ3) is 4.52. The molecule has 1 aliphatic rings. The average Bonchev–Trinajstić information content (AvgIpc) is 3.06. The number of nitrogens with zero attached hydrogens (tertiary/aromatic N) is 4. The van der Waals surface area contributed by atoms with Crippen LogP contribution in [0.3, 0.4) is 0 Å². The first-order valence-corrected chi connectivity index (χ1v) is 9.87. The molecule has 0 radical (unpaired) electrons. The molecule has 1 fully saturated rings. The fourth-order valence-electron chi connectivity index (χ4n) is 3.18. The van der Waals surface area contributed by atoms with Crippen molar-refractivity contribution in [3.63, 3.8) is 0 Å². The predicted molar refractivity (Wildman–Crippen MR) is 99.0 cm³/mol. The lowest BCUT2D eigenvalue weighted by Crippen LogP contribution is -2.44. The normalized spacial score (nSPS) is 23.4. The first kappa shape index (κ1) is 18.2. The number of carbonyl (C=O) groups excluding carboxylic acids is 1. The highest BCUT2D eigenvalue weighted by Crippen LogP contribution is 2.29. The van der Waals surface area contributed by atoms with Gasteiger partial charge in [0.05, 0.1) is 11.4 Å². The second kappa shape index (κ2) is 8.19. The number of hydrogen-bond donors (Lipinski definition) is 1. The van der Waals surface area contributed by atoms with Crippen LogP contribution in [-0.4, -0.2) is 37.9 Å². The molecule has 3 atom stereocenters. The summed E-state index contributed by atoms with van der Waals surface area (Å²) in [7, 11) is 0. The fraction of sp³-hybridized carbons (Fsp3) is 0.529. The number of carbonyl (C=O) groups is 1. The van der Waals surface area contributed by atoms with Gasteiger partial charge in [-0.1, -0.05) is 50.1 Å². The van der Waals surface area contributed by atoms with Crippen LogP contribution in [-0.2, 0) is 4.79 Å². The monoisotopic (exact) mass is 379 g/mol. The zero-order valence-corrected chi connectivity index (χ0v) is 15.9. The van der Waals surface area contributed by atoms with E-state index in [2.05, 4.69) is 34.7 Å². The van der Waals surface area contributed by atoms with E-state index in [0.29, 0.717) is 27.8 Å². The second-order valence-corrected chi connectivity index (χ2v) is 7.96. The van der Waals surface area contributed by atoms with E-state index >= 15 is 0 Å². The lowest BCUT2D eigenvalue weighted by atomic mass is 9.78. The molecule has 0 bridgehead atoms. The van der Waals surface area contributed by atoms with Crippen LogP contribution in [0.4, 0.5) is 0 Å². The smallest absolute Gasteiger partial charge is 0.230 e. The third-order valence-electron chi connectivity index (χ3n) is 4.90. The zero-order chi connectivity index (χ0) is 17.8. The van der Waals surface area contributed by atoms with Crippen LogP contribution >= 0.6 is 23.4 Å². The Morgan fingerprint density at radius 2 is 2.08 bits per heavy atom. The molecule has 1 N–H and O–H groups in total. The highest BCUT2D eigenvalue weighted by atomic mass is 35.5. The van der Waals surface area contributed by atoms with Crippen LogP contribution in [0.15, 0.2) is 29.4 Å². The maximum atomic E-state index is 12.3. The van der Waals surface area contributed by atoms with E-state index < -0.39 is 0 Å². The van der Waals surface area contributed by atoms with Gasteiger partial charge in [-0.25, -0.2) is 0 Å². The summed E-state index contributed by atoms with van der Waals surface area (Å²) in [6.45, 7) is 4.49. The van der Waals surface area contributed by atoms with Crippen molar-refractivity contribution in [3.05, 3.63) is 29.3 Å². The Labute approximate surface area is 156 Å². The topological polar surface area (TPSA) is 72.7 Å². The minimum absolute atomic E-state index is 0.0293. The Kier molecular flexibility index (Phi) is 5.96. The van der Waals surface area contributed by atoms with Gasteiger partial charge in [0, 0.05) is 11.1 Å². The summed E-state index contributed by atoms with van der Waals surface area (Å²) in [6, 6.07) is 7.52. The van der Waals surface area contributed by atoms with Gasteiger partial charge >= 0.3 is 0 Å². The maximum absolute atomic E-state index is 12.3. The number of amides is 1. The lowest BCUT2D eigenvalue weighted by molar-refractivity contribution is -0.120. The summed E-state index contributed by atoms with van der Waals surface area (Å²) in [4.78, 5) is 12.3. The molecular formula is C17H22ClN5OS. The van der Waals surface area contributed by atoms with Crippen LogP contribution < -0.4 is 5.32 Å². The first-order valence-electron chi connectivity index (χ1n) is 8.51. The molecule has 1 aliphatic carbocycles. The molecule has 0 saturated heterocycles. The van der Waals surface area contributed by atoms with Crippen LogP contribution in [0.5, 0.6) is 0 Å². The van der Waals surface area contributed by atoms with Crippen molar-refractivity contribution in [1.29, 1.82) is 0 Å². The van der Waals surface area contributed by atoms with Crippen molar-refractivity contribution in [2.45, 2.75) is 44.3 Å². The lowest BCUT2D eigenvalue weighted by Gasteiger charge is -2.34. The minimum Gasteiger partial charge on any atom is -0.352 e. The Balaban J connectivity index is 1.58. The highest BCUT2D eigenvalue weighted by molar-refractivity contribution is 7.99. The summed E-state index contributed by atoms with van der Waals surface area (Å²) >= 11 is 7.24. The molecule has 0 aliphatic heterocycles. The third-order valence-corrected chi connectivity index (χ3v) is 6.07. The van der Waals surface area contributed by atoms with E-state index in [1.54, 1.807) is 16.8 Å². The number of tetrazole rings is 1. The second-order valence-electron chi connectivity index (χ2n) is 6.58. The van der Waals surface area contributed by atoms with Gasteiger partial charge < -0.3 is 5.32 Å². The number of halogens is 1. The van der Waals surface area contributed by atoms with Crippen molar-refractivity contribution in [2.75, 3.05) is 5.75 Å². The van der Waals surface area contributed by atoms with Gasteiger partial charge in [0.15, 0.2) is 0 Å². The molecule has 1 aromatic heterocycles. The van der Waals surface area contributed by atoms with E-state index in [9.17, 15) is 4.79 Å². The van der Waals surface area contributed by atoms with E-state index in [1.807, 2.05) is 12.1 Å². The molecule has 8 heteroatoms. The standard InChI is InChI=1S/C17H22ClN5OS/c1-11-4-3-5-15(12(11)2)19-16(24)10-25-17-20-21-22-23(17)14-8-6-13(18)7-9-14/h6-9,11-12,15H,3-5,10H2,1-2H3,(H,19,24). The number of benzene rings is 1. The molecule has 3 unspecified atom stereocenters. The van der Waals surface area contributed by atoms with Gasteiger partial charge in [-0.15, -0.1) is 5.10 Å².